The highest BCUT2D eigenvalue weighted by Gasteiger charge is 2.20. The van der Waals surface area contributed by atoms with Gasteiger partial charge in [0.2, 0.25) is 0 Å². The van der Waals surface area contributed by atoms with E-state index in [9.17, 15) is 10.1 Å². The lowest BCUT2D eigenvalue weighted by atomic mass is 9.99. The number of hydrogen-bond donors (Lipinski definition) is 1. The van der Waals surface area contributed by atoms with Crippen molar-refractivity contribution in [3.8, 4) is 21.8 Å². The van der Waals surface area contributed by atoms with E-state index in [4.69, 9.17) is 10.2 Å². The Hall–Kier alpha value is -2.60. The number of nitro benzene ring substituents is 1. The maximum atomic E-state index is 11.0. The molecule has 2 aromatic heterocycles. The van der Waals surface area contributed by atoms with Gasteiger partial charge in [-0.05, 0) is 29.7 Å². The van der Waals surface area contributed by atoms with Crippen molar-refractivity contribution < 1.29 is 9.34 Å². The standard InChI is InChI=1S/C16H14N2O3S/c1-2-12-14(10-5-3-6-11(9-10)18(19)20)16(17)22-15(12)13-7-4-8-21-13/h3-9H,2,17H2,1H3. The fraction of sp³-hybridized carbons (Fsp3) is 0.125. The lowest BCUT2D eigenvalue weighted by Gasteiger charge is -2.05. The quantitative estimate of drug-likeness (QED) is 0.557. The van der Waals surface area contributed by atoms with Crippen molar-refractivity contribution in [3.05, 3.63) is 58.3 Å². The van der Waals surface area contributed by atoms with Crippen molar-refractivity contribution in [1.29, 1.82) is 0 Å². The van der Waals surface area contributed by atoms with Crippen LogP contribution in [0.2, 0.25) is 0 Å². The first-order valence-electron chi connectivity index (χ1n) is 6.81. The summed E-state index contributed by atoms with van der Waals surface area (Å²) in [5.74, 6) is 0.769. The van der Waals surface area contributed by atoms with Crippen LogP contribution in [-0.4, -0.2) is 4.92 Å². The van der Waals surface area contributed by atoms with Gasteiger partial charge in [0.25, 0.3) is 5.69 Å². The average molecular weight is 314 g/mol. The minimum atomic E-state index is -0.398. The van der Waals surface area contributed by atoms with Gasteiger partial charge in [0, 0.05) is 17.7 Å². The van der Waals surface area contributed by atoms with Gasteiger partial charge in [-0.2, -0.15) is 0 Å². The fourth-order valence-electron chi connectivity index (χ4n) is 2.52. The molecule has 112 valence electrons. The van der Waals surface area contributed by atoms with Crippen molar-refractivity contribution in [1.82, 2.24) is 0 Å². The minimum Gasteiger partial charge on any atom is -0.464 e. The monoisotopic (exact) mass is 314 g/mol. The smallest absolute Gasteiger partial charge is 0.270 e. The number of hydrogen-bond acceptors (Lipinski definition) is 5. The molecule has 0 aliphatic carbocycles. The Morgan fingerprint density at radius 2 is 2.14 bits per heavy atom. The molecule has 2 heterocycles. The first kappa shape index (κ1) is 14.3. The summed E-state index contributed by atoms with van der Waals surface area (Å²) in [5.41, 5.74) is 8.93. The summed E-state index contributed by atoms with van der Waals surface area (Å²) in [7, 11) is 0. The largest absolute Gasteiger partial charge is 0.464 e. The van der Waals surface area contributed by atoms with Gasteiger partial charge in [0.15, 0.2) is 0 Å². The number of furan rings is 1. The molecule has 0 unspecified atom stereocenters. The molecule has 0 aliphatic heterocycles. The number of non-ortho nitro benzene ring substituents is 1. The molecule has 0 spiro atoms. The highest BCUT2D eigenvalue weighted by molar-refractivity contribution is 7.20. The Balaban J connectivity index is 2.19. The van der Waals surface area contributed by atoms with Crippen molar-refractivity contribution in [2.75, 3.05) is 5.73 Å². The zero-order valence-electron chi connectivity index (χ0n) is 11.9. The second-order valence-corrected chi connectivity index (χ2v) is 5.84. The van der Waals surface area contributed by atoms with E-state index >= 15 is 0 Å². The molecular formula is C16H14N2O3S. The molecule has 0 amide bonds. The highest BCUT2D eigenvalue weighted by atomic mass is 32.1. The highest BCUT2D eigenvalue weighted by Crippen LogP contribution is 2.45. The SMILES string of the molecule is CCc1c(-c2ccco2)sc(N)c1-c1cccc([N+](=O)[O-])c1. The lowest BCUT2D eigenvalue weighted by Crippen LogP contribution is -1.92. The van der Waals surface area contributed by atoms with E-state index in [1.807, 2.05) is 25.1 Å². The molecule has 0 bridgehead atoms. The Bertz CT molecular complexity index is 822. The molecule has 6 heteroatoms. The van der Waals surface area contributed by atoms with E-state index in [1.165, 1.54) is 17.4 Å². The van der Waals surface area contributed by atoms with Crippen LogP contribution in [0.15, 0.2) is 47.1 Å². The fourth-order valence-corrected chi connectivity index (χ4v) is 3.67. The summed E-state index contributed by atoms with van der Waals surface area (Å²) < 4.78 is 5.47. The normalized spacial score (nSPS) is 10.8. The van der Waals surface area contributed by atoms with Gasteiger partial charge in [0.1, 0.15) is 5.76 Å². The molecule has 3 aromatic rings. The molecule has 0 aliphatic rings. The summed E-state index contributed by atoms with van der Waals surface area (Å²) in [5, 5.41) is 11.6. The number of nitrogens with zero attached hydrogens (tertiary/aromatic N) is 1. The molecule has 2 N–H and O–H groups in total. The maximum absolute atomic E-state index is 11.0. The van der Waals surface area contributed by atoms with Gasteiger partial charge in [0.05, 0.1) is 21.1 Å². The molecule has 1 aromatic carbocycles. The number of nitrogen functional groups attached to an aromatic ring is 1. The lowest BCUT2D eigenvalue weighted by molar-refractivity contribution is -0.384. The van der Waals surface area contributed by atoms with Gasteiger partial charge < -0.3 is 10.2 Å². The zero-order valence-corrected chi connectivity index (χ0v) is 12.7. The summed E-state index contributed by atoms with van der Waals surface area (Å²) in [6.07, 6.45) is 2.39. The Morgan fingerprint density at radius 3 is 2.77 bits per heavy atom. The summed E-state index contributed by atoms with van der Waals surface area (Å²) >= 11 is 1.45. The number of thiophene rings is 1. The molecule has 0 radical (unpaired) electrons. The van der Waals surface area contributed by atoms with E-state index in [2.05, 4.69) is 0 Å². The third-order valence-electron chi connectivity index (χ3n) is 3.48. The van der Waals surface area contributed by atoms with Crippen molar-refractivity contribution in [2.24, 2.45) is 0 Å². The number of benzene rings is 1. The summed E-state index contributed by atoms with van der Waals surface area (Å²) in [6, 6.07) is 10.3. The minimum absolute atomic E-state index is 0.0599. The van der Waals surface area contributed by atoms with E-state index in [0.717, 1.165) is 33.7 Å². The average Bonchev–Trinajstić information content (AvgIpc) is 3.14. The van der Waals surface area contributed by atoms with Crippen LogP contribution in [0.5, 0.6) is 0 Å². The zero-order chi connectivity index (χ0) is 15.7. The second kappa shape index (κ2) is 5.65. The molecule has 0 fully saturated rings. The molecule has 3 rings (SSSR count). The Labute approximate surface area is 131 Å². The number of nitro groups is 1. The van der Waals surface area contributed by atoms with Crippen LogP contribution >= 0.6 is 11.3 Å². The van der Waals surface area contributed by atoms with E-state index in [-0.39, 0.29) is 5.69 Å². The van der Waals surface area contributed by atoms with E-state index in [1.54, 1.807) is 18.4 Å². The van der Waals surface area contributed by atoms with Gasteiger partial charge >= 0.3 is 0 Å². The molecular weight excluding hydrogens is 300 g/mol. The van der Waals surface area contributed by atoms with Crippen LogP contribution in [-0.2, 0) is 6.42 Å². The number of rotatable bonds is 4. The first-order chi connectivity index (χ1) is 10.6. The predicted molar refractivity (Wildman–Crippen MR) is 87.9 cm³/mol. The molecule has 0 atom stereocenters. The van der Waals surface area contributed by atoms with Crippen molar-refractivity contribution >= 4 is 22.0 Å². The van der Waals surface area contributed by atoms with Crippen molar-refractivity contribution in [2.45, 2.75) is 13.3 Å². The Morgan fingerprint density at radius 1 is 1.32 bits per heavy atom. The van der Waals surface area contributed by atoms with Crippen LogP contribution in [0.4, 0.5) is 10.7 Å². The van der Waals surface area contributed by atoms with Crippen LogP contribution in [0.1, 0.15) is 12.5 Å². The van der Waals surface area contributed by atoms with Gasteiger partial charge in [-0.25, -0.2) is 0 Å². The molecule has 22 heavy (non-hydrogen) atoms. The van der Waals surface area contributed by atoms with Crippen LogP contribution in [0.25, 0.3) is 21.8 Å². The van der Waals surface area contributed by atoms with Gasteiger partial charge in [-0.15, -0.1) is 11.3 Å². The van der Waals surface area contributed by atoms with Crippen LogP contribution in [0, 0.1) is 10.1 Å². The first-order valence-corrected chi connectivity index (χ1v) is 7.63. The number of nitrogens with two attached hydrogens (primary N) is 1. The Kier molecular flexibility index (Phi) is 3.68. The summed E-state index contributed by atoms with van der Waals surface area (Å²) in [6.45, 7) is 2.04. The number of anilines is 1. The third-order valence-corrected chi connectivity index (χ3v) is 4.55. The molecule has 5 nitrogen and oxygen atoms in total. The second-order valence-electron chi connectivity index (χ2n) is 4.79. The van der Waals surface area contributed by atoms with Crippen LogP contribution in [0.3, 0.4) is 0 Å². The molecule has 0 saturated carbocycles. The molecule has 0 saturated heterocycles. The third kappa shape index (κ3) is 2.37. The van der Waals surface area contributed by atoms with Crippen molar-refractivity contribution in [3.63, 3.8) is 0 Å². The summed E-state index contributed by atoms with van der Waals surface area (Å²) in [4.78, 5) is 11.6. The van der Waals surface area contributed by atoms with E-state index < -0.39 is 4.92 Å². The maximum Gasteiger partial charge on any atom is 0.270 e. The van der Waals surface area contributed by atoms with Gasteiger partial charge in [-0.1, -0.05) is 19.1 Å². The van der Waals surface area contributed by atoms with E-state index in [0.29, 0.717) is 5.00 Å². The van der Waals surface area contributed by atoms with Crippen LogP contribution < -0.4 is 5.73 Å². The van der Waals surface area contributed by atoms with Gasteiger partial charge in [-0.3, -0.25) is 10.1 Å². The predicted octanol–water partition coefficient (Wildman–Crippen LogP) is 4.73. The topological polar surface area (TPSA) is 82.3 Å².